The third-order valence-electron chi connectivity index (χ3n) is 2.53. The molecule has 0 aliphatic heterocycles. The van der Waals surface area contributed by atoms with Crippen molar-refractivity contribution in [3.8, 4) is 0 Å². The van der Waals surface area contributed by atoms with Crippen molar-refractivity contribution in [1.29, 1.82) is 0 Å². The second-order valence-electron chi connectivity index (χ2n) is 4.69. The predicted octanol–water partition coefficient (Wildman–Crippen LogP) is 2.92. The molecule has 0 radical (unpaired) electrons. The summed E-state index contributed by atoms with van der Waals surface area (Å²) in [5.74, 6) is 0.324. The highest BCUT2D eigenvalue weighted by atomic mass is 19.1. The number of carbonyl (C=O) groups excluding carboxylic acids is 1. The molecule has 0 aliphatic rings. The van der Waals surface area contributed by atoms with Crippen molar-refractivity contribution in [2.45, 2.75) is 33.1 Å². The zero-order valence-corrected chi connectivity index (χ0v) is 10.5. The number of hydrogen-bond acceptors (Lipinski definition) is 1. The normalized spacial score (nSPS) is 10.6. The summed E-state index contributed by atoms with van der Waals surface area (Å²) < 4.78 is 12.9. The Hall–Kier alpha value is -1.38. The molecule has 1 aromatic rings. The van der Waals surface area contributed by atoms with Crippen LogP contribution in [-0.4, -0.2) is 12.5 Å². The largest absolute Gasteiger partial charge is 0.356 e. The van der Waals surface area contributed by atoms with E-state index in [4.69, 9.17) is 0 Å². The third kappa shape index (κ3) is 6.05. The van der Waals surface area contributed by atoms with Crippen molar-refractivity contribution in [2.75, 3.05) is 6.54 Å². The summed E-state index contributed by atoms with van der Waals surface area (Å²) in [6, 6.07) is 6.16. The summed E-state index contributed by atoms with van der Waals surface area (Å²) in [6.45, 7) is 5.02. The Bertz CT molecular complexity index is 363. The minimum atomic E-state index is -0.296. The van der Waals surface area contributed by atoms with Crippen molar-refractivity contribution in [2.24, 2.45) is 5.92 Å². The molecule has 0 aromatic heterocycles. The third-order valence-corrected chi connectivity index (χ3v) is 2.53. The second kappa shape index (κ2) is 7.05. The van der Waals surface area contributed by atoms with Gasteiger partial charge in [-0.1, -0.05) is 26.0 Å². The minimum absolute atomic E-state index is 0.0423. The molecule has 1 amide bonds. The Morgan fingerprint density at radius 1 is 1.41 bits per heavy atom. The van der Waals surface area contributed by atoms with Gasteiger partial charge in [-0.15, -0.1) is 0 Å². The molecule has 0 saturated heterocycles. The van der Waals surface area contributed by atoms with Crippen LogP contribution in [0.5, 0.6) is 0 Å². The predicted molar refractivity (Wildman–Crippen MR) is 67.2 cm³/mol. The van der Waals surface area contributed by atoms with Crippen LogP contribution >= 0.6 is 0 Å². The molecule has 17 heavy (non-hydrogen) atoms. The van der Waals surface area contributed by atoms with E-state index in [1.807, 2.05) is 0 Å². The molecular formula is C14H20FNO. The zero-order chi connectivity index (χ0) is 12.7. The SMILES string of the molecule is CC(C)CCCNC(=O)Cc1cccc(F)c1. The highest BCUT2D eigenvalue weighted by molar-refractivity contribution is 5.78. The summed E-state index contributed by atoms with van der Waals surface area (Å²) in [5, 5.41) is 2.84. The fourth-order valence-electron chi connectivity index (χ4n) is 1.63. The molecule has 2 nitrogen and oxygen atoms in total. The smallest absolute Gasteiger partial charge is 0.224 e. The van der Waals surface area contributed by atoms with Crippen molar-refractivity contribution in [3.05, 3.63) is 35.6 Å². The maximum atomic E-state index is 12.9. The van der Waals surface area contributed by atoms with E-state index in [0.29, 0.717) is 18.0 Å². The van der Waals surface area contributed by atoms with E-state index >= 15 is 0 Å². The number of amides is 1. The Morgan fingerprint density at radius 3 is 2.82 bits per heavy atom. The van der Waals surface area contributed by atoms with Gasteiger partial charge in [0.25, 0.3) is 0 Å². The van der Waals surface area contributed by atoms with Crippen LogP contribution in [0.4, 0.5) is 4.39 Å². The van der Waals surface area contributed by atoms with Gasteiger partial charge in [-0.2, -0.15) is 0 Å². The Labute approximate surface area is 102 Å². The van der Waals surface area contributed by atoms with Crippen molar-refractivity contribution >= 4 is 5.91 Å². The molecule has 0 unspecified atom stereocenters. The zero-order valence-electron chi connectivity index (χ0n) is 10.5. The maximum absolute atomic E-state index is 12.9. The number of benzene rings is 1. The summed E-state index contributed by atoms with van der Waals surface area (Å²) in [4.78, 5) is 11.5. The fraction of sp³-hybridized carbons (Fsp3) is 0.500. The van der Waals surface area contributed by atoms with Crippen LogP contribution in [0.2, 0.25) is 0 Å². The molecule has 94 valence electrons. The van der Waals surface area contributed by atoms with E-state index in [0.717, 1.165) is 12.8 Å². The second-order valence-corrected chi connectivity index (χ2v) is 4.69. The molecule has 0 heterocycles. The summed E-state index contributed by atoms with van der Waals surface area (Å²) >= 11 is 0. The van der Waals surface area contributed by atoms with E-state index < -0.39 is 0 Å². The lowest BCUT2D eigenvalue weighted by molar-refractivity contribution is -0.120. The molecule has 0 atom stereocenters. The van der Waals surface area contributed by atoms with Gasteiger partial charge in [0.15, 0.2) is 0 Å². The summed E-state index contributed by atoms with van der Waals surface area (Å²) in [5.41, 5.74) is 0.714. The van der Waals surface area contributed by atoms with Gasteiger partial charge in [-0.05, 0) is 36.5 Å². The van der Waals surface area contributed by atoms with Crippen LogP contribution in [0.15, 0.2) is 24.3 Å². The van der Waals surface area contributed by atoms with E-state index in [1.54, 1.807) is 12.1 Å². The van der Waals surface area contributed by atoms with E-state index in [2.05, 4.69) is 19.2 Å². The Morgan fingerprint density at radius 2 is 2.18 bits per heavy atom. The number of halogens is 1. The number of nitrogens with one attached hydrogen (secondary N) is 1. The van der Waals surface area contributed by atoms with Crippen molar-refractivity contribution in [3.63, 3.8) is 0 Å². The van der Waals surface area contributed by atoms with Gasteiger partial charge in [0.2, 0.25) is 5.91 Å². The minimum Gasteiger partial charge on any atom is -0.356 e. The Kier molecular flexibility index (Phi) is 5.67. The van der Waals surface area contributed by atoms with Crippen LogP contribution in [0.25, 0.3) is 0 Å². The maximum Gasteiger partial charge on any atom is 0.224 e. The molecule has 0 saturated carbocycles. The summed E-state index contributed by atoms with van der Waals surface area (Å²) in [6.07, 6.45) is 2.35. The average molecular weight is 237 g/mol. The number of rotatable bonds is 6. The summed E-state index contributed by atoms with van der Waals surface area (Å²) in [7, 11) is 0. The molecule has 3 heteroatoms. The molecule has 0 aliphatic carbocycles. The van der Waals surface area contributed by atoms with Crippen LogP contribution in [0, 0.1) is 11.7 Å². The van der Waals surface area contributed by atoms with E-state index in [-0.39, 0.29) is 18.1 Å². The highest BCUT2D eigenvalue weighted by Crippen LogP contribution is 2.05. The molecule has 0 fully saturated rings. The first-order valence-electron chi connectivity index (χ1n) is 6.09. The van der Waals surface area contributed by atoms with E-state index in [9.17, 15) is 9.18 Å². The molecular weight excluding hydrogens is 217 g/mol. The molecule has 0 spiro atoms. The highest BCUT2D eigenvalue weighted by Gasteiger charge is 2.03. The monoisotopic (exact) mass is 237 g/mol. The van der Waals surface area contributed by atoms with Gasteiger partial charge >= 0.3 is 0 Å². The standard InChI is InChI=1S/C14H20FNO/c1-11(2)5-4-8-16-14(17)10-12-6-3-7-13(15)9-12/h3,6-7,9,11H,4-5,8,10H2,1-2H3,(H,16,17). The van der Waals surface area contributed by atoms with Crippen molar-refractivity contribution in [1.82, 2.24) is 5.32 Å². The first-order chi connectivity index (χ1) is 8.08. The lowest BCUT2D eigenvalue weighted by Gasteiger charge is -2.07. The number of carbonyl (C=O) groups is 1. The molecule has 1 aromatic carbocycles. The number of hydrogen-bond donors (Lipinski definition) is 1. The molecule has 0 bridgehead atoms. The first-order valence-corrected chi connectivity index (χ1v) is 6.09. The van der Waals surface area contributed by atoms with Gasteiger partial charge in [0.1, 0.15) is 5.82 Å². The lowest BCUT2D eigenvalue weighted by Crippen LogP contribution is -2.26. The van der Waals surface area contributed by atoms with Gasteiger partial charge in [-0.3, -0.25) is 4.79 Å². The lowest BCUT2D eigenvalue weighted by atomic mass is 10.1. The van der Waals surface area contributed by atoms with Crippen LogP contribution < -0.4 is 5.32 Å². The molecule has 1 rings (SSSR count). The van der Waals surface area contributed by atoms with E-state index in [1.165, 1.54) is 12.1 Å². The van der Waals surface area contributed by atoms with Crippen LogP contribution in [0.3, 0.4) is 0 Å². The van der Waals surface area contributed by atoms with Crippen molar-refractivity contribution < 1.29 is 9.18 Å². The topological polar surface area (TPSA) is 29.1 Å². The fourth-order valence-corrected chi connectivity index (χ4v) is 1.63. The quantitative estimate of drug-likeness (QED) is 0.757. The van der Waals surface area contributed by atoms with Gasteiger partial charge in [-0.25, -0.2) is 4.39 Å². The average Bonchev–Trinajstić information content (AvgIpc) is 2.24. The van der Waals surface area contributed by atoms with Crippen LogP contribution in [0.1, 0.15) is 32.3 Å². The van der Waals surface area contributed by atoms with Gasteiger partial charge < -0.3 is 5.32 Å². The van der Waals surface area contributed by atoms with Crippen LogP contribution in [-0.2, 0) is 11.2 Å². The van der Waals surface area contributed by atoms with Gasteiger partial charge in [0.05, 0.1) is 6.42 Å². The Balaban J connectivity index is 2.25. The first kappa shape index (κ1) is 13.7. The molecule has 1 N–H and O–H groups in total. The van der Waals surface area contributed by atoms with Gasteiger partial charge in [0, 0.05) is 6.54 Å².